The Labute approximate surface area is 214 Å². The van der Waals surface area contributed by atoms with Crippen LogP contribution in [0.3, 0.4) is 0 Å². The SMILES string of the molecule is O=C(NC1CNC[C@@H]1OC(=O)c1cc(O)c(C(=O)c2c(O)cccc2C(=O)O)c(O)c1)c1ccc(O)cc1. The zero-order chi connectivity index (χ0) is 27.6. The molecule has 7 N–H and O–H groups in total. The van der Waals surface area contributed by atoms with Gasteiger partial charge in [0, 0.05) is 18.7 Å². The van der Waals surface area contributed by atoms with E-state index in [0.717, 1.165) is 24.3 Å². The van der Waals surface area contributed by atoms with Crippen LogP contribution in [0, 0.1) is 0 Å². The average Bonchev–Trinajstić information content (AvgIpc) is 3.29. The molecule has 0 radical (unpaired) electrons. The van der Waals surface area contributed by atoms with Gasteiger partial charge in [-0.15, -0.1) is 0 Å². The number of ether oxygens (including phenoxy) is 1. The highest BCUT2D eigenvalue weighted by molar-refractivity contribution is 6.18. The number of rotatable bonds is 7. The van der Waals surface area contributed by atoms with E-state index in [9.17, 15) is 44.7 Å². The lowest BCUT2D eigenvalue weighted by Crippen LogP contribution is -2.44. The molecule has 12 nitrogen and oxygen atoms in total. The molecule has 38 heavy (non-hydrogen) atoms. The Balaban J connectivity index is 1.52. The summed E-state index contributed by atoms with van der Waals surface area (Å²) in [6.45, 7) is 0.490. The molecule has 1 saturated heterocycles. The molecule has 2 atom stereocenters. The van der Waals surface area contributed by atoms with Crippen LogP contribution >= 0.6 is 0 Å². The first-order valence-electron chi connectivity index (χ1n) is 11.2. The molecule has 1 amide bonds. The number of carbonyl (C=O) groups is 4. The Hall–Kier alpha value is -5.10. The maximum absolute atomic E-state index is 13.0. The van der Waals surface area contributed by atoms with E-state index < -0.39 is 69.7 Å². The van der Waals surface area contributed by atoms with Gasteiger partial charge in [0.1, 0.15) is 34.7 Å². The number of aromatic carboxylic acids is 1. The minimum Gasteiger partial charge on any atom is -0.508 e. The number of phenols is 4. The summed E-state index contributed by atoms with van der Waals surface area (Å²) in [5.41, 5.74) is -1.95. The predicted octanol–water partition coefficient (Wildman–Crippen LogP) is 1.37. The van der Waals surface area contributed by atoms with Crippen molar-refractivity contribution in [3.8, 4) is 23.0 Å². The van der Waals surface area contributed by atoms with Crippen LogP contribution in [-0.4, -0.2) is 74.4 Å². The third-order valence-corrected chi connectivity index (χ3v) is 5.92. The number of hydrogen-bond donors (Lipinski definition) is 7. The van der Waals surface area contributed by atoms with Crippen LogP contribution < -0.4 is 10.6 Å². The van der Waals surface area contributed by atoms with E-state index >= 15 is 0 Å². The Bertz CT molecular complexity index is 1410. The zero-order valence-electron chi connectivity index (χ0n) is 19.5. The number of hydrogen-bond acceptors (Lipinski definition) is 10. The summed E-state index contributed by atoms with van der Waals surface area (Å²) in [6.07, 6.45) is -0.812. The Morgan fingerprint density at radius 1 is 0.816 bits per heavy atom. The lowest BCUT2D eigenvalue weighted by molar-refractivity contribution is 0.0282. The van der Waals surface area contributed by atoms with Crippen LogP contribution in [0.25, 0.3) is 0 Å². The largest absolute Gasteiger partial charge is 0.508 e. The van der Waals surface area contributed by atoms with Crippen LogP contribution in [0.2, 0.25) is 0 Å². The Morgan fingerprint density at radius 2 is 1.47 bits per heavy atom. The maximum Gasteiger partial charge on any atom is 0.338 e. The van der Waals surface area contributed by atoms with E-state index in [1.165, 1.54) is 30.3 Å². The summed E-state index contributed by atoms with van der Waals surface area (Å²) < 4.78 is 5.45. The van der Waals surface area contributed by atoms with E-state index in [-0.39, 0.29) is 30.0 Å². The molecule has 1 unspecified atom stereocenters. The molecular formula is C26H22N2O10. The molecule has 1 fully saturated rings. The van der Waals surface area contributed by atoms with Crippen molar-refractivity contribution in [2.75, 3.05) is 13.1 Å². The Kier molecular flexibility index (Phi) is 7.17. The molecule has 0 bridgehead atoms. The van der Waals surface area contributed by atoms with Gasteiger partial charge in [-0.1, -0.05) is 6.07 Å². The number of phenolic OH excluding ortho intramolecular Hbond substituents is 4. The highest BCUT2D eigenvalue weighted by Crippen LogP contribution is 2.35. The maximum atomic E-state index is 13.0. The van der Waals surface area contributed by atoms with Crippen molar-refractivity contribution < 1.29 is 49.4 Å². The van der Waals surface area contributed by atoms with Gasteiger partial charge in [0.25, 0.3) is 5.91 Å². The van der Waals surface area contributed by atoms with Gasteiger partial charge in [0.05, 0.1) is 22.7 Å². The van der Waals surface area contributed by atoms with Crippen molar-refractivity contribution in [2.45, 2.75) is 12.1 Å². The van der Waals surface area contributed by atoms with Crippen molar-refractivity contribution in [3.63, 3.8) is 0 Å². The summed E-state index contributed by atoms with van der Waals surface area (Å²) in [7, 11) is 0. The molecule has 1 heterocycles. The highest BCUT2D eigenvalue weighted by Gasteiger charge is 2.33. The van der Waals surface area contributed by atoms with Crippen molar-refractivity contribution in [1.82, 2.24) is 10.6 Å². The molecule has 0 saturated carbocycles. The first-order valence-corrected chi connectivity index (χ1v) is 11.2. The third-order valence-electron chi connectivity index (χ3n) is 5.92. The number of carbonyl (C=O) groups excluding carboxylic acids is 3. The number of ketones is 1. The van der Waals surface area contributed by atoms with Crippen molar-refractivity contribution >= 4 is 23.6 Å². The normalized spacial score (nSPS) is 16.5. The van der Waals surface area contributed by atoms with Crippen LogP contribution in [0.5, 0.6) is 23.0 Å². The third kappa shape index (κ3) is 5.20. The first kappa shape index (κ1) is 26.0. The lowest BCUT2D eigenvalue weighted by atomic mass is 9.95. The fraction of sp³-hybridized carbons (Fsp3) is 0.154. The monoisotopic (exact) mass is 522 g/mol. The number of aromatic hydroxyl groups is 4. The molecule has 1 aliphatic rings. The molecule has 12 heteroatoms. The molecule has 3 aromatic rings. The van der Waals surface area contributed by atoms with Crippen LogP contribution in [0.15, 0.2) is 54.6 Å². The quantitative estimate of drug-likeness (QED) is 0.174. The number of benzene rings is 3. The molecule has 1 aliphatic heterocycles. The van der Waals surface area contributed by atoms with Crippen molar-refractivity contribution in [2.24, 2.45) is 0 Å². The molecule has 0 aliphatic carbocycles. The van der Waals surface area contributed by atoms with Gasteiger partial charge >= 0.3 is 11.9 Å². The second kappa shape index (κ2) is 10.5. The summed E-state index contributed by atoms with van der Waals surface area (Å²) in [5, 5.41) is 55.4. The van der Waals surface area contributed by atoms with Crippen LogP contribution in [-0.2, 0) is 4.74 Å². The van der Waals surface area contributed by atoms with Gasteiger partial charge in [-0.05, 0) is 48.5 Å². The number of nitrogens with one attached hydrogen (secondary N) is 2. The zero-order valence-corrected chi connectivity index (χ0v) is 19.5. The molecule has 4 rings (SSSR count). The topological polar surface area (TPSA) is 203 Å². The van der Waals surface area contributed by atoms with E-state index in [4.69, 9.17) is 4.74 Å². The smallest absolute Gasteiger partial charge is 0.338 e. The minimum atomic E-state index is -1.51. The minimum absolute atomic E-state index is 0.00184. The van der Waals surface area contributed by atoms with E-state index in [0.29, 0.717) is 0 Å². The van der Waals surface area contributed by atoms with Crippen LogP contribution in [0.4, 0.5) is 0 Å². The van der Waals surface area contributed by atoms with Gasteiger partial charge < -0.3 is 40.9 Å². The van der Waals surface area contributed by atoms with E-state index in [1.54, 1.807) is 0 Å². The second-order valence-corrected chi connectivity index (χ2v) is 8.45. The van der Waals surface area contributed by atoms with E-state index in [2.05, 4.69) is 10.6 Å². The number of amides is 1. The first-order chi connectivity index (χ1) is 18.1. The van der Waals surface area contributed by atoms with Gasteiger partial charge in [-0.2, -0.15) is 0 Å². The van der Waals surface area contributed by atoms with E-state index in [1.807, 2.05) is 0 Å². The van der Waals surface area contributed by atoms with Gasteiger partial charge in [-0.3, -0.25) is 9.59 Å². The number of esters is 1. The van der Waals surface area contributed by atoms with Crippen molar-refractivity contribution in [3.05, 3.63) is 82.4 Å². The predicted molar refractivity (Wildman–Crippen MR) is 130 cm³/mol. The summed E-state index contributed by atoms with van der Waals surface area (Å²) >= 11 is 0. The highest BCUT2D eigenvalue weighted by atomic mass is 16.5. The molecular weight excluding hydrogens is 500 g/mol. The second-order valence-electron chi connectivity index (χ2n) is 8.45. The van der Waals surface area contributed by atoms with Gasteiger partial charge in [-0.25, -0.2) is 9.59 Å². The van der Waals surface area contributed by atoms with Crippen LogP contribution in [0.1, 0.15) is 47.0 Å². The summed E-state index contributed by atoms with van der Waals surface area (Å²) in [6, 6.07) is 10.0. The number of carboxylic acid groups (broad SMARTS) is 1. The summed E-state index contributed by atoms with van der Waals surface area (Å²) in [4.78, 5) is 49.7. The fourth-order valence-electron chi connectivity index (χ4n) is 4.04. The molecule has 0 aromatic heterocycles. The molecule has 3 aromatic carbocycles. The van der Waals surface area contributed by atoms with Crippen molar-refractivity contribution in [1.29, 1.82) is 0 Å². The average molecular weight is 522 g/mol. The lowest BCUT2D eigenvalue weighted by Gasteiger charge is -2.21. The molecule has 0 spiro atoms. The number of carboxylic acids is 1. The standard InChI is InChI=1S/C26H22N2O10/c29-14-6-4-12(5-7-14)24(34)28-16-10-27-11-20(16)38-26(37)13-8-18(31)22(19(32)9-13)23(33)21-15(25(35)36)2-1-3-17(21)30/h1-9,16,20,27,29-32H,10-11H2,(H,28,34)(H,35,36)/t16?,20-/m0/s1. The van der Waals surface area contributed by atoms with Gasteiger partial charge in [0.15, 0.2) is 0 Å². The Morgan fingerprint density at radius 3 is 2.11 bits per heavy atom. The molecule has 196 valence electrons. The fourth-order valence-corrected chi connectivity index (χ4v) is 4.04. The van der Waals surface area contributed by atoms with Gasteiger partial charge in [0.2, 0.25) is 5.78 Å². The summed E-state index contributed by atoms with van der Waals surface area (Å²) in [5.74, 6) is -6.48.